The molecule has 0 radical (unpaired) electrons. The molecule has 0 saturated heterocycles. The minimum Gasteiger partial charge on any atom is -0.465 e. The maximum absolute atomic E-state index is 13.2. The normalized spacial score (nSPS) is 16.7. The number of rotatable bonds is 4. The van der Waals surface area contributed by atoms with E-state index in [0.717, 1.165) is 18.4 Å². The van der Waals surface area contributed by atoms with Gasteiger partial charge in [-0.2, -0.15) is 4.31 Å². The maximum atomic E-state index is 13.2. The van der Waals surface area contributed by atoms with Crippen LogP contribution < -0.4 is 0 Å². The van der Waals surface area contributed by atoms with Gasteiger partial charge in [0.1, 0.15) is 0 Å². The van der Waals surface area contributed by atoms with Gasteiger partial charge < -0.3 is 4.74 Å². The fraction of sp³-hybridized carbons (Fsp3) is 0.316. The summed E-state index contributed by atoms with van der Waals surface area (Å²) in [5.41, 5.74) is 3.07. The number of benzene rings is 2. The van der Waals surface area contributed by atoms with Crippen LogP contribution in [0.3, 0.4) is 0 Å². The van der Waals surface area contributed by atoms with Crippen LogP contribution in [0.15, 0.2) is 47.4 Å². The SMILES string of the molecule is COC(=O)c1ccc(C)c(S(=O)(=O)N(C)C2CCc3ccccc32)c1. The third-order valence-electron chi connectivity index (χ3n) is 4.81. The lowest BCUT2D eigenvalue weighted by molar-refractivity contribution is 0.0600. The Kier molecular flexibility index (Phi) is 4.67. The minimum absolute atomic E-state index is 0.141. The summed E-state index contributed by atoms with van der Waals surface area (Å²) in [7, 11) is -0.855. The number of fused-ring (bicyclic) bond motifs is 1. The molecule has 0 spiro atoms. The smallest absolute Gasteiger partial charge is 0.337 e. The summed E-state index contributed by atoms with van der Waals surface area (Å²) in [6.45, 7) is 1.73. The number of methoxy groups -OCH3 is 1. The highest BCUT2D eigenvalue weighted by Gasteiger charge is 2.34. The zero-order valence-electron chi connectivity index (χ0n) is 14.5. The van der Waals surface area contributed by atoms with Crippen LogP contribution in [0, 0.1) is 6.92 Å². The molecule has 0 bridgehead atoms. The molecule has 1 aliphatic rings. The van der Waals surface area contributed by atoms with Gasteiger partial charge in [-0.05, 0) is 48.6 Å². The number of hydrogen-bond acceptors (Lipinski definition) is 4. The molecule has 0 amide bonds. The molecular formula is C19H21NO4S. The molecule has 0 heterocycles. The topological polar surface area (TPSA) is 63.7 Å². The third-order valence-corrected chi connectivity index (χ3v) is 6.81. The predicted molar refractivity (Wildman–Crippen MR) is 95.0 cm³/mol. The summed E-state index contributed by atoms with van der Waals surface area (Å²) < 4.78 is 32.5. The van der Waals surface area contributed by atoms with Crippen molar-refractivity contribution in [3.05, 3.63) is 64.7 Å². The number of aryl methyl sites for hydroxylation is 2. The van der Waals surface area contributed by atoms with Crippen molar-refractivity contribution in [2.75, 3.05) is 14.2 Å². The van der Waals surface area contributed by atoms with Crippen LogP contribution in [0.4, 0.5) is 0 Å². The second-order valence-corrected chi connectivity index (χ2v) is 8.21. The van der Waals surface area contributed by atoms with Crippen molar-refractivity contribution in [2.24, 2.45) is 0 Å². The lowest BCUT2D eigenvalue weighted by atomic mass is 10.1. The Morgan fingerprint density at radius 3 is 2.64 bits per heavy atom. The van der Waals surface area contributed by atoms with E-state index in [-0.39, 0.29) is 16.5 Å². The van der Waals surface area contributed by atoms with Gasteiger partial charge in [-0.3, -0.25) is 0 Å². The highest BCUT2D eigenvalue weighted by atomic mass is 32.2. The first-order valence-electron chi connectivity index (χ1n) is 8.11. The molecule has 2 aromatic carbocycles. The average molecular weight is 359 g/mol. The van der Waals surface area contributed by atoms with E-state index < -0.39 is 16.0 Å². The second-order valence-electron chi connectivity index (χ2n) is 6.25. The van der Waals surface area contributed by atoms with Crippen LogP contribution in [-0.4, -0.2) is 32.8 Å². The van der Waals surface area contributed by atoms with Crippen LogP contribution in [0.25, 0.3) is 0 Å². The molecule has 1 atom stereocenters. The lowest BCUT2D eigenvalue weighted by Crippen LogP contribution is -2.31. The van der Waals surface area contributed by atoms with Gasteiger partial charge in [0.25, 0.3) is 0 Å². The van der Waals surface area contributed by atoms with E-state index >= 15 is 0 Å². The van der Waals surface area contributed by atoms with Gasteiger partial charge in [-0.1, -0.05) is 30.3 Å². The van der Waals surface area contributed by atoms with Crippen molar-refractivity contribution < 1.29 is 17.9 Å². The maximum Gasteiger partial charge on any atom is 0.337 e. The number of hydrogen-bond donors (Lipinski definition) is 0. The van der Waals surface area contributed by atoms with Gasteiger partial charge >= 0.3 is 5.97 Å². The van der Waals surface area contributed by atoms with E-state index in [1.54, 1.807) is 26.1 Å². The molecule has 1 aliphatic carbocycles. The van der Waals surface area contributed by atoms with E-state index in [1.807, 2.05) is 24.3 Å². The second kappa shape index (κ2) is 6.61. The van der Waals surface area contributed by atoms with Gasteiger partial charge in [-0.25, -0.2) is 13.2 Å². The molecule has 2 aromatic rings. The van der Waals surface area contributed by atoms with Crippen LogP contribution in [-0.2, 0) is 21.2 Å². The van der Waals surface area contributed by atoms with Crippen LogP contribution in [0.5, 0.6) is 0 Å². The summed E-state index contributed by atoms with van der Waals surface area (Å²) in [4.78, 5) is 11.9. The third kappa shape index (κ3) is 3.07. The molecule has 0 aromatic heterocycles. The number of nitrogens with zero attached hydrogens (tertiary/aromatic N) is 1. The molecular weight excluding hydrogens is 338 g/mol. The number of esters is 1. The molecule has 1 unspecified atom stereocenters. The Morgan fingerprint density at radius 2 is 1.92 bits per heavy atom. The van der Waals surface area contributed by atoms with Gasteiger partial charge in [0.05, 0.1) is 23.6 Å². The summed E-state index contributed by atoms with van der Waals surface area (Å²) in [5.74, 6) is -0.551. The summed E-state index contributed by atoms with van der Waals surface area (Å²) in [6.07, 6.45) is 1.62. The number of carbonyl (C=O) groups excluding carboxylic acids is 1. The Hall–Kier alpha value is -2.18. The molecule has 0 N–H and O–H groups in total. The molecule has 132 valence electrons. The first kappa shape index (κ1) is 17.6. The van der Waals surface area contributed by atoms with Crippen molar-refractivity contribution in [3.63, 3.8) is 0 Å². The van der Waals surface area contributed by atoms with Gasteiger partial charge in [0.2, 0.25) is 10.0 Å². The fourth-order valence-electron chi connectivity index (χ4n) is 3.36. The van der Waals surface area contributed by atoms with E-state index in [9.17, 15) is 13.2 Å². The van der Waals surface area contributed by atoms with E-state index in [2.05, 4.69) is 0 Å². The molecule has 0 saturated carbocycles. The Labute approximate surface area is 148 Å². The van der Waals surface area contributed by atoms with Crippen LogP contribution >= 0.6 is 0 Å². The Bertz CT molecular complexity index is 921. The zero-order valence-corrected chi connectivity index (χ0v) is 15.3. The van der Waals surface area contributed by atoms with E-state index in [0.29, 0.717) is 5.56 Å². The van der Waals surface area contributed by atoms with Crippen LogP contribution in [0.2, 0.25) is 0 Å². The molecule has 0 aliphatic heterocycles. The fourth-order valence-corrected chi connectivity index (χ4v) is 4.97. The van der Waals surface area contributed by atoms with Gasteiger partial charge in [0, 0.05) is 7.05 Å². The molecule has 5 nitrogen and oxygen atoms in total. The zero-order chi connectivity index (χ0) is 18.2. The number of ether oxygens (including phenoxy) is 1. The predicted octanol–water partition coefficient (Wildman–Crippen LogP) is 3.09. The summed E-state index contributed by atoms with van der Waals surface area (Å²) >= 11 is 0. The molecule has 0 fully saturated rings. The highest BCUT2D eigenvalue weighted by Crippen LogP contribution is 2.38. The average Bonchev–Trinajstić information content (AvgIpc) is 3.04. The quantitative estimate of drug-likeness (QED) is 0.787. The van der Waals surface area contributed by atoms with Crippen LogP contribution in [0.1, 0.15) is 39.5 Å². The number of carbonyl (C=O) groups is 1. The first-order valence-corrected chi connectivity index (χ1v) is 9.55. The van der Waals surface area contributed by atoms with E-state index in [1.165, 1.54) is 23.0 Å². The first-order chi connectivity index (χ1) is 11.9. The minimum atomic E-state index is -3.73. The molecule has 6 heteroatoms. The number of sulfonamides is 1. The lowest BCUT2D eigenvalue weighted by Gasteiger charge is -2.25. The molecule has 25 heavy (non-hydrogen) atoms. The Morgan fingerprint density at radius 1 is 1.20 bits per heavy atom. The molecule has 3 rings (SSSR count). The van der Waals surface area contributed by atoms with Crippen molar-refractivity contribution >= 4 is 16.0 Å². The van der Waals surface area contributed by atoms with Crippen molar-refractivity contribution in [3.8, 4) is 0 Å². The van der Waals surface area contributed by atoms with E-state index in [4.69, 9.17) is 4.74 Å². The monoisotopic (exact) mass is 359 g/mol. The Balaban J connectivity index is 2.01. The largest absolute Gasteiger partial charge is 0.465 e. The summed E-state index contributed by atoms with van der Waals surface area (Å²) in [5, 5.41) is 0. The standard InChI is InChI=1S/C19H21NO4S/c1-13-8-9-15(19(21)24-3)12-18(13)25(22,23)20(2)17-11-10-14-6-4-5-7-16(14)17/h4-9,12,17H,10-11H2,1-3H3. The van der Waals surface area contributed by atoms with Gasteiger partial charge in [-0.15, -0.1) is 0 Å². The van der Waals surface area contributed by atoms with Gasteiger partial charge in [0.15, 0.2) is 0 Å². The highest BCUT2D eigenvalue weighted by molar-refractivity contribution is 7.89. The van der Waals surface area contributed by atoms with Crippen molar-refractivity contribution in [1.82, 2.24) is 4.31 Å². The summed E-state index contributed by atoms with van der Waals surface area (Å²) in [6, 6.07) is 12.3. The van der Waals surface area contributed by atoms with Crippen molar-refractivity contribution in [1.29, 1.82) is 0 Å². The van der Waals surface area contributed by atoms with Crippen molar-refractivity contribution in [2.45, 2.75) is 30.7 Å².